The Morgan fingerprint density at radius 2 is 1.48 bits per heavy atom. The van der Waals surface area contributed by atoms with E-state index < -0.39 is 53.4 Å². The van der Waals surface area contributed by atoms with Gasteiger partial charge in [0.05, 0.1) is 6.42 Å². The minimum absolute atomic E-state index is 0.424. The average molecular weight is 359 g/mol. The topological polar surface area (TPSA) is 134 Å². The molecule has 25 heavy (non-hydrogen) atoms. The summed E-state index contributed by atoms with van der Waals surface area (Å²) in [6.07, 6.45) is -1.56. The van der Waals surface area contributed by atoms with Gasteiger partial charge >= 0.3 is 12.1 Å². The van der Waals surface area contributed by atoms with Crippen LogP contribution < -0.4 is 16.0 Å². The van der Waals surface area contributed by atoms with Gasteiger partial charge in [-0.25, -0.2) is 4.79 Å². The van der Waals surface area contributed by atoms with Crippen molar-refractivity contribution in [2.45, 2.75) is 65.6 Å². The van der Waals surface area contributed by atoms with Crippen LogP contribution in [0.1, 0.15) is 48.0 Å². The summed E-state index contributed by atoms with van der Waals surface area (Å²) >= 11 is 0. The number of carboxylic acid groups (broad SMARTS) is 1. The lowest BCUT2D eigenvalue weighted by molar-refractivity contribution is -0.140. The molecule has 9 nitrogen and oxygen atoms in total. The van der Waals surface area contributed by atoms with Crippen LogP contribution in [-0.4, -0.2) is 53.7 Å². The van der Waals surface area contributed by atoms with E-state index in [1.807, 2.05) is 0 Å². The molecule has 0 spiro atoms. The molecule has 0 aliphatic heterocycles. The highest BCUT2D eigenvalue weighted by Gasteiger charge is 2.35. The normalized spacial score (nSPS) is 14.0. The fourth-order valence-electron chi connectivity index (χ4n) is 1.90. The maximum Gasteiger partial charge on any atom is 0.408 e. The van der Waals surface area contributed by atoms with E-state index in [2.05, 4.69) is 16.0 Å². The third-order valence-corrected chi connectivity index (χ3v) is 3.05. The molecule has 0 aliphatic rings. The first-order chi connectivity index (χ1) is 11.2. The lowest BCUT2D eigenvalue weighted by atomic mass is 9.86. The van der Waals surface area contributed by atoms with Crippen molar-refractivity contribution in [3.8, 4) is 0 Å². The molecule has 0 bridgehead atoms. The number of carbonyl (C=O) groups is 4. The number of amides is 3. The predicted molar refractivity (Wildman–Crippen MR) is 90.9 cm³/mol. The second-order valence-corrected chi connectivity index (χ2v) is 7.72. The number of alkyl carbamates (subject to hydrolysis) is 1. The molecule has 4 N–H and O–H groups in total. The van der Waals surface area contributed by atoms with Gasteiger partial charge in [-0.1, -0.05) is 20.8 Å². The quantitative estimate of drug-likeness (QED) is 0.550. The zero-order chi connectivity index (χ0) is 20.0. The van der Waals surface area contributed by atoms with Crippen LogP contribution in [0.25, 0.3) is 0 Å². The van der Waals surface area contributed by atoms with Crippen LogP contribution in [-0.2, 0) is 19.1 Å². The predicted octanol–water partition coefficient (Wildman–Crippen LogP) is 0.631. The summed E-state index contributed by atoms with van der Waals surface area (Å²) in [5, 5.41) is 16.2. The Bertz CT molecular complexity index is 519. The number of carboxylic acids is 1. The number of hydrogen-bond donors (Lipinski definition) is 4. The van der Waals surface area contributed by atoms with Crippen LogP contribution in [0.2, 0.25) is 0 Å². The van der Waals surface area contributed by atoms with Crippen LogP contribution in [0.4, 0.5) is 4.79 Å². The van der Waals surface area contributed by atoms with E-state index in [0.717, 1.165) is 0 Å². The van der Waals surface area contributed by atoms with E-state index in [0.29, 0.717) is 0 Å². The maximum atomic E-state index is 12.4. The number of hydrogen-bond acceptors (Lipinski definition) is 5. The van der Waals surface area contributed by atoms with Crippen molar-refractivity contribution in [3.05, 3.63) is 0 Å². The SMILES string of the molecule is CNC(=O)C(NC(=O)C(CC(=O)O)NC(=O)OC(C)(C)C)C(C)(C)C. The van der Waals surface area contributed by atoms with Crippen molar-refractivity contribution >= 4 is 23.9 Å². The first kappa shape index (κ1) is 22.7. The number of aliphatic carboxylic acids is 1. The second kappa shape index (κ2) is 8.68. The van der Waals surface area contributed by atoms with E-state index in [1.165, 1.54) is 7.05 Å². The number of carbonyl (C=O) groups excluding carboxylic acids is 3. The highest BCUT2D eigenvalue weighted by molar-refractivity contribution is 5.93. The van der Waals surface area contributed by atoms with Gasteiger partial charge in [-0.05, 0) is 26.2 Å². The molecule has 0 aromatic rings. The summed E-state index contributed by atoms with van der Waals surface area (Å²) in [6.45, 7) is 10.2. The minimum atomic E-state index is -1.37. The van der Waals surface area contributed by atoms with Crippen molar-refractivity contribution in [2.24, 2.45) is 5.41 Å². The van der Waals surface area contributed by atoms with Gasteiger partial charge in [0, 0.05) is 7.05 Å². The monoisotopic (exact) mass is 359 g/mol. The molecule has 144 valence electrons. The summed E-state index contributed by atoms with van der Waals surface area (Å²) in [7, 11) is 1.43. The number of nitrogens with one attached hydrogen (secondary N) is 3. The molecule has 0 saturated carbocycles. The van der Waals surface area contributed by atoms with E-state index >= 15 is 0 Å². The van der Waals surface area contributed by atoms with Crippen LogP contribution in [0.5, 0.6) is 0 Å². The smallest absolute Gasteiger partial charge is 0.408 e. The number of likely N-dealkylation sites (N-methyl/N-ethyl adjacent to an activating group) is 1. The maximum absolute atomic E-state index is 12.4. The Morgan fingerprint density at radius 3 is 1.84 bits per heavy atom. The van der Waals surface area contributed by atoms with E-state index in [4.69, 9.17) is 9.84 Å². The lowest BCUT2D eigenvalue weighted by Crippen LogP contribution is -2.58. The van der Waals surface area contributed by atoms with Crippen LogP contribution in [0, 0.1) is 5.41 Å². The molecule has 0 heterocycles. The molecule has 0 fully saturated rings. The first-order valence-corrected chi connectivity index (χ1v) is 7.90. The summed E-state index contributed by atoms with van der Waals surface area (Å²) in [5.74, 6) is -2.48. The highest BCUT2D eigenvalue weighted by Crippen LogP contribution is 2.19. The Balaban J connectivity index is 5.25. The third kappa shape index (κ3) is 8.92. The van der Waals surface area contributed by atoms with Gasteiger partial charge < -0.3 is 25.8 Å². The van der Waals surface area contributed by atoms with E-state index in [9.17, 15) is 19.2 Å². The number of ether oxygens (including phenoxy) is 1. The Hall–Kier alpha value is -2.32. The fourth-order valence-corrected chi connectivity index (χ4v) is 1.90. The molecule has 0 radical (unpaired) electrons. The fraction of sp³-hybridized carbons (Fsp3) is 0.750. The highest BCUT2D eigenvalue weighted by atomic mass is 16.6. The summed E-state index contributed by atoms with van der Waals surface area (Å²) in [4.78, 5) is 47.3. The molecule has 0 aliphatic carbocycles. The molecule has 0 rings (SSSR count). The Kier molecular flexibility index (Phi) is 7.88. The molecular formula is C16H29N3O6. The van der Waals surface area contributed by atoms with Crippen molar-refractivity contribution in [1.29, 1.82) is 0 Å². The van der Waals surface area contributed by atoms with Gasteiger partial charge in [0.1, 0.15) is 17.7 Å². The summed E-state index contributed by atoms with van der Waals surface area (Å²) < 4.78 is 5.04. The molecule has 2 unspecified atom stereocenters. The van der Waals surface area contributed by atoms with Crippen LogP contribution in [0.3, 0.4) is 0 Å². The molecular weight excluding hydrogens is 330 g/mol. The van der Waals surface area contributed by atoms with Crippen molar-refractivity contribution in [3.63, 3.8) is 0 Å². The van der Waals surface area contributed by atoms with Crippen molar-refractivity contribution < 1.29 is 29.0 Å². The first-order valence-electron chi connectivity index (χ1n) is 7.90. The van der Waals surface area contributed by atoms with Gasteiger partial charge in [-0.15, -0.1) is 0 Å². The third-order valence-electron chi connectivity index (χ3n) is 3.05. The zero-order valence-electron chi connectivity index (χ0n) is 15.9. The van der Waals surface area contributed by atoms with E-state index in [-0.39, 0.29) is 0 Å². The summed E-state index contributed by atoms with van der Waals surface area (Å²) in [6, 6.07) is -2.27. The molecule has 2 atom stereocenters. The molecule has 3 amide bonds. The van der Waals surface area contributed by atoms with Crippen molar-refractivity contribution in [1.82, 2.24) is 16.0 Å². The average Bonchev–Trinajstić information content (AvgIpc) is 2.39. The molecule has 0 aromatic carbocycles. The Morgan fingerprint density at radius 1 is 0.960 bits per heavy atom. The standard InChI is InChI=1S/C16H29N3O6/c1-15(2,3)11(13(23)17-7)19-12(22)9(8-10(20)21)18-14(24)25-16(4,5)6/h9,11H,8H2,1-7H3,(H,17,23)(H,18,24)(H,19,22)(H,20,21). The largest absolute Gasteiger partial charge is 0.481 e. The van der Waals surface area contributed by atoms with E-state index in [1.54, 1.807) is 41.5 Å². The van der Waals surface area contributed by atoms with Crippen LogP contribution >= 0.6 is 0 Å². The zero-order valence-corrected chi connectivity index (χ0v) is 15.9. The molecule has 0 saturated heterocycles. The van der Waals surface area contributed by atoms with Gasteiger partial charge in [-0.3, -0.25) is 14.4 Å². The van der Waals surface area contributed by atoms with Gasteiger partial charge in [0.15, 0.2) is 0 Å². The molecule has 9 heteroatoms. The second-order valence-electron chi connectivity index (χ2n) is 7.72. The van der Waals surface area contributed by atoms with Gasteiger partial charge in [-0.2, -0.15) is 0 Å². The minimum Gasteiger partial charge on any atom is -0.481 e. The summed E-state index contributed by atoms with van der Waals surface area (Å²) in [5.41, 5.74) is -1.42. The lowest BCUT2D eigenvalue weighted by Gasteiger charge is -2.31. The van der Waals surface area contributed by atoms with Crippen molar-refractivity contribution in [2.75, 3.05) is 7.05 Å². The van der Waals surface area contributed by atoms with Crippen LogP contribution in [0.15, 0.2) is 0 Å². The van der Waals surface area contributed by atoms with Gasteiger partial charge in [0.25, 0.3) is 0 Å². The molecule has 0 aromatic heterocycles. The Labute approximate surface area is 147 Å². The number of rotatable bonds is 6. The van der Waals surface area contributed by atoms with Gasteiger partial charge in [0.2, 0.25) is 11.8 Å².